The number of benzene rings is 1. The van der Waals surface area contributed by atoms with Gasteiger partial charge in [0.2, 0.25) is 5.91 Å². The number of nitrogens with one attached hydrogen (secondary N) is 1. The van der Waals surface area contributed by atoms with Crippen LogP contribution >= 0.6 is 11.6 Å². The van der Waals surface area contributed by atoms with Crippen molar-refractivity contribution in [3.8, 4) is 0 Å². The summed E-state index contributed by atoms with van der Waals surface area (Å²) in [6.07, 6.45) is 2.83. The van der Waals surface area contributed by atoms with Crippen LogP contribution in [0.4, 0.5) is 4.39 Å². The first-order chi connectivity index (χ1) is 10.0. The minimum atomic E-state index is -0.303. The van der Waals surface area contributed by atoms with Crippen LogP contribution in [0.2, 0.25) is 5.02 Å². The molecule has 2 fully saturated rings. The van der Waals surface area contributed by atoms with Gasteiger partial charge in [-0.3, -0.25) is 9.69 Å². The summed E-state index contributed by atoms with van der Waals surface area (Å²) in [5.41, 5.74) is 0.949. The summed E-state index contributed by atoms with van der Waals surface area (Å²) in [4.78, 5) is 13.8. The lowest BCUT2D eigenvalue weighted by atomic mass is 9.89. The van der Waals surface area contributed by atoms with Crippen LogP contribution in [0.15, 0.2) is 18.2 Å². The van der Waals surface area contributed by atoms with Crippen LogP contribution in [-0.2, 0) is 11.3 Å². The summed E-state index contributed by atoms with van der Waals surface area (Å²) in [7, 11) is 2.08. The number of rotatable bonds is 3. The van der Waals surface area contributed by atoms with Gasteiger partial charge in [0, 0.05) is 30.6 Å². The maximum absolute atomic E-state index is 13.1. The fraction of sp³-hybridized carbons (Fsp3) is 0.562. The minimum Gasteiger partial charge on any atom is -0.356 e. The second-order valence-electron chi connectivity index (χ2n) is 6.30. The van der Waals surface area contributed by atoms with E-state index in [9.17, 15) is 9.18 Å². The van der Waals surface area contributed by atoms with Crippen molar-refractivity contribution in [3.05, 3.63) is 34.6 Å². The Morgan fingerprint density at radius 3 is 2.90 bits per heavy atom. The van der Waals surface area contributed by atoms with Gasteiger partial charge in [0.15, 0.2) is 0 Å². The highest BCUT2D eigenvalue weighted by atomic mass is 35.5. The van der Waals surface area contributed by atoms with Crippen LogP contribution in [0, 0.1) is 17.7 Å². The van der Waals surface area contributed by atoms with E-state index in [0.29, 0.717) is 35.9 Å². The van der Waals surface area contributed by atoms with E-state index in [1.54, 1.807) is 6.07 Å². The van der Waals surface area contributed by atoms with Gasteiger partial charge >= 0.3 is 0 Å². The summed E-state index contributed by atoms with van der Waals surface area (Å²) in [6, 6.07) is 5.03. The number of fused-ring (bicyclic) bond motifs is 1. The predicted molar refractivity (Wildman–Crippen MR) is 80.5 cm³/mol. The molecule has 1 aromatic rings. The van der Waals surface area contributed by atoms with Gasteiger partial charge in [0.1, 0.15) is 5.82 Å². The molecule has 0 unspecified atom stereocenters. The Labute approximate surface area is 129 Å². The van der Waals surface area contributed by atoms with Gasteiger partial charge < -0.3 is 5.32 Å². The second kappa shape index (κ2) is 5.93. The maximum Gasteiger partial charge on any atom is 0.220 e. The fourth-order valence-electron chi connectivity index (χ4n) is 3.64. The highest BCUT2D eigenvalue weighted by molar-refractivity contribution is 6.31. The maximum atomic E-state index is 13.1. The fourth-order valence-corrected chi connectivity index (χ4v) is 3.87. The molecule has 1 saturated heterocycles. The van der Waals surface area contributed by atoms with E-state index >= 15 is 0 Å². The summed E-state index contributed by atoms with van der Waals surface area (Å²) >= 11 is 6.10. The number of piperidine rings is 1. The highest BCUT2D eigenvalue weighted by Crippen LogP contribution is 2.38. The average Bonchev–Trinajstić information content (AvgIpc) is 2.85. The standard InChI is InChI=1S/C16H20ClFN2O/c1-20(9-10-2-3-13(18)7-15(10)17)14-4-11-6-16(21)19-8-12(11)5-14/h2-3,7,11-12,14H,4-6,8-9H2,1H3,(H,19,21)/t11-,12+,14-/m1/s1. The lowest BCUT2D eigenvalue weighted by Crippen LogP contribution is -2.38. The SMILES string of the molecule is CN(Cc1ccc(F)cc1Cl)[C@H]1C[C@H]2CNC(=O)C[C@H]2C1. The van der Waals surface area contributed by atoms with E-state index in [1.807, 2.05) is 0 Å². The van der Waals surface area contributed by atoms with Crippen molar-refractivity contribution in [1.29, 1.82) is 0 Å². The molecule has 21 heavy (non-hydrogen) atoms. The molecule has 1 aromatic carbocycles. The highest BCUT2D eigenvalue weighted by Gasteiger charge is 2.39. The summed E-state index contributed by atoms with van der Waals surface area (Å²) in [5, 5.41) is 3.44. The van der Waals surface area contributed by atoms with Crippen LogP contribution in [-0.4, -0.2) is 30.4 Å². The number of hydrogen-bond donors (Lipinski definition) is 1. The molecule has 3 nitrogen and oxygen atoms in total. The summed E-state index contributed by atoms with van der Waals surface area (Å²) < 4.78 is 13.1. The Balaban J connectivity index is 1.63. The van der Waals surface area contributed by atoms with Crippen LogP contribution in [0.3, 0.4) is 0 Å². The largest absolute Gasteiger partial charge is 0.356 e. The first kappa shape index (κ1) is 14.8. The molecule has 0 aromatic heterocycles. The van der Waals surface area contributed by atoms with Crippen LogP contribution in [0.25, 0.3) is 0 Å². The average molecular weight is 311 g/mol. The second-order valence-corrected chi connectivity index (χ2v) is 6.71. The molecule has 3 atom stereocenters. The molecule has 1 saturated carbocycles. The van der Waals surface area contributed by atoms with E-state index in [2.05, 4.69) is 17.3 Å². The third-order valence-corrected chi connectivity index (χ3v) is 5.24. The van der Waals surface area contributed by atoms with Crippen molar-refractivity contribution < 1.29 is 9.18 Å². The smallest absolute Gasteiger partial charge is 0.220 e. The minimum absolute atomic E-state index is 0.182. The molecule has 1 amide bonds. The van der Waals surface area contributed by atoms with Crippen molar-refractivity contribution in [2.75, 3.05) is 13.6 Å². The number of halogens is 2. The number of hydrogen-bond acceptors (Lipinski definition) is 2. The van der Waals surface area contributed by atoms with Crippen molar-refractivity contribution in [3.63, 3.8) is 0 Å². The third-order valence-electron chi connectivity index (χ3n) is 4.88. The topological polar surface area (TPSA) is 32.3 Å². The van der Waals surface area contributed by atoms with Crippen LogP contribution in [0.5, 0.6) is 0 Å². The van der Waals surface area contributed by atoms with E-state index in [1.165, 1.54) is 12.1 Å². The molecule has 5 heteroatoms. The summed E-state index contributed by atoms with van der Waals surface area (Å²) in [5.74, 6) is 0.984. The Morgan fingerprint density at radius 1 is 1.38 bits per heavy atom. The molecule has 0 bridgehead atoms. The molecule has 0 spiro atoms. The van der Waals surface area contributed by atoms with Gasteiger partial charge in [-0.1, -0.05) is 17.7 Å². The molecule has 1 N–H and O–H groups in total. The van der Waals surface area contributed by atoms with Gasteiger partial charge in [-0.25, -0.2) is 4.39 Å². The van der Waals surface area contributed by atoms with E-state index < -0.39 is 0 Å². The zero-order valence-electron chi connectivity index (χ0n) is 12.1. The Morgan fingerprint density at radius 2 is 2.14 bits per heavy atom. The molecule has 3 rings (SSSR count). The van der Waals surface area contributed by atoms with Crippen molar-refractivity contribution in [2.45, 2.75) is 31.8 Å². The molecule has 2 aliphatic rings. The van der Waals surface area contributed by atoms with Crippen molar-refractivity contribution in [2.24, 2.45) is 11.8 Å². The van der Waals surface area contributed by atoms with Gasteiger partial charge in [-0.15, -0.1) is 0 Å². The van der Waals surface area contributed by atoms with E-state index in [0.717, 1.165) is 24.9 Å². The Kier molecular flexibility index (Phi) is 4.18. The molecular formula is C16H20ClFN2O. The number of amides is 1. The Hall–Kier alpha value is -1.13. The van der Waals surface area contributed by atoms with Gasteiger partial charge in [0.05, 0.1) is 0 Å². The molecule has 1 heterocycles. The van der Waals surface area contributed by atoms with E-state index in [-0.39, 0.29) is 11.7 Å². The predicted octanol–water partition coefficient (Wildman–Crippen LogP) is 2.83. The first-order valence-corrected chi connectivity index (χ1v) is 7.81. The first-order valence-electron chi connectivity index (χ1n) is 7.44. The van der Waals surface area contributed by atoms with E-state index in [4.69, 9.17) is 11.6 Å². The van der Waals surface area contributed by atoms with Crippen molar-refractivity contribution >= 4 is 17.5 Å². The zero-order valence-corrected chi connectivity index (χ0v) is 12.9. The number of nitrogens with zero attached hydrogens (tertiary/aromatic N) is 1. The zero-order chi connectivity index (χ0) is 15.0. The monoisotopic (exact) mass is 310 g/mol. The van der Waals surface area contributed by atoms with Gasteiger partial charge in [-0.2, -0.15) is 0 Å². The molecule has 1 aliphatic carbocycles. The lowest BCUT2D eigenvalue weighted by molar-refractivity contribution is -0.124. The number of carbonyl (C=O) groups excluding carboxylic acids is 1. The van der Waals surface area contributed by atoms with Crippen molar-refractivity contribution in [1.82, 2.24) is 10.2 Å². The number of carbonyl (C=O) groups is 1. The molecule has 114 valence electrons. The lowest BCUT2D eigenvalue weighted by Gasteiger charge is -2.25. The quantitative estimate of drug-likeness (QED) is 0.931. The van der Waals surface area contributed by atoms with Gasteiger partial charge in [0.25, 0.3) is 0 Å². The molecule has 0 radical (unpaired) electrons. The van der Waals surface area contributed by atoms with Crippen LogP contribution in [0.1, 0.15) is 24.8 Å². The molecular weight excluding hydrogens is 291 g/mol. The summed E-state index contributed by atoms with van der Waals surface area (Å²) in [6.45, 7) is 1.52. The molecule has 1 aliphatic heterocycles. The normalized spacial score (nSPS) is 28.6. The van der Waals surface area contributed by atoms with Gasteiger partial charge in [-0.05, 0) is 49.4 Å². The third kappa shape index (κ3) is 3.22. The van der Waals surface area contributed by atoms with Crippen LogP contribution < -0.4 is 5.32 Å². The Bertz CT molecular complexity index is 551.